The van der Waals surface area contributed by atoms with Gasteiger partial charge in [0.2, 0.25) is 0 Å². The van der Waals surface area contributed by atoms with Crippen LogP contribution in [0.15, 0.2) is 9.98 Å². The number of aromatic nitrogens is 1. The van der Waals surface area contributed by atoms with Crippen LogP contribution < -0.4 is 5.32 Å². The number of hydrogen-bond donors (Lipinski definition) is 1. The number of nitrogens with one attached hydrogen (secondary N) is 1. The maximum absolute atomic E-state index is 11.7. The highest BCUT2D eigenvalue weighted by Gasteiger charge is 2.18. The SMILES string of the molecule is CC(Cl)N(CC=O)C(=O)Nc1ncc(Br)s1. The number of halogens is 2. The molecule has 0 aromatic carbocycles. The van der Waals surface area contributed by atoms with Crippen molar-refractivity contribution in [3.63, 3.8) is 0 Å². The topological polar surface area (TPSA) is 62.3 Å². The lowest BCUT2D eigenvalue weighted by Crippen LogP contribution is -2.40. The summed E-state index contributed by atoms with van der Waals surface area (Å²) in [5.74, 6) is 0. The third kappa shape index (κ3) is 3.73. The molecule has 0 aliphatic rings. The van der Waals surface area contributed by atoms with E-state index >= 15 is 0 Å². The van der Waals surface area contributed by atoms with Crippen LogP contribution in [0, 0.1) is 0 Å². The molecule has 0 aliphatic carbocycles. The molecule has 0 aliphatic heterocycles. The number of aldehydes is 1. The molecule has 1 aromatic heterocycles. The Morgan fingerprint density at radius 1 is 1.88 bits per heavy atom. The van der Waals surface area contributed by atoms with Crippen molar-refractivity contribution in [1.29, 1.82) is 0 Å². The van der Waals surface area contributed by atoms with E-state index in [1.165, 1.54) is 16.2 Å². The van der Waals surface area contributed by atoms with Crippen molar-refractivity contribution in [1.82, 2.24) is 9.88 Å². The quantitative estimate of drug-likeness (QED) is 0.525. The van der Waals surface area contributed by atoms with Crippen LogP contribution in [0.25, 0.3) is 0 Å². The summed E-state index contributed by atoms with van der Waals surface area (Å²) in [6, 6.07) is -0.448. The first-order chi connectivity index (χ1) is 7.54. The second-order valence-corrected chi connectivity index (χ2v) is 5.83. The number of carbonyl (C=O) groups is 2. The smallest absolute Gasteiger partial charge is 0.301 e. The van der Waals surface area contributed by atoms with Crippen LogP contribution in [0.2, 0.25) is 0 Å². The molecule has 0 saturated heterocycles. The zero-order chi connectivity index (χ0) is 12.1. The molecule has 1 N–H and O–H groups in total. The molecule has 16 heavy (non-hydrogen) atoms. The molecule has 0 bridgehead atoms. The average molecular weight is 327 g/mol. The van der Waals surface area contributed by atoms with Gasteiger partial charge in [-0.25, -0.2) is 9.78 Å². The normalized spacial score (nSPS) is 11.9. The van der Waals surface area contributed by atoms with Gasteiger partial charge in [-0.3, -0.25) is 5.32 Å². The molecule has 0 fully saturated rings. The van der Waals surface area contributed by atoms with Gasteiger partial charge in [0.05, 0.1) is 16.5 Å². The Labute approximate surface area is 110 Å². The van der Waals surface area contributed by atoms with E-state index in [0.29, 0.717) is 11.4 Å². The van der Waals surface area contributed by atoms with Crippen LogP contribution in [0.4, 0.5) is 9.93 Å². The summed E-state index contributed by atoms with van der Waals surface area (Å²) in [7, 11) is 0. The molecule has 1 unspecified atom stereocenters. The fraction of sp³-hybridized carbons (Fsp3) is 0.375. The molecule has 1 aromatic rings. The molecule has 0 spiro atoms. The lowest BCUT2D eigenvalue weighted by Gasteiger charge is -2.22. The van der Waals surface area contributed by atoms with Gasteiger partial charge in [-0.2, -0.15) is 0 Å². The molecule has 5 nitrogen and oxygen atoms in total. The minimum absolute atomic E-state index is 0.0525. The zero-order valence-corrected chi connectivity index (χ0v) is 11.5. The lowest BCUT2D eigenvalue weighted by molar-refractivity contribution is -0.108. The standard InChI is InChI=1S/C8H9BrClN3O2S/c1-5(10)13(2-3-14)8(15)12-7-11-4-6(9)16-7/h3-5H,2H2,1H3,(H,11,12,15). The number of amides is 2. The highest BCUT2D eigenvalue weighted by molar-refractivity contribution is 9.11. The molecule has 1 rings (SSSR count). The Kier molecular flexibility index (Phi) is 5.17. The van der Waals surface area contributed by atoms with Crippen LogP contribution in [-0.2, 0) is 4.79 Å². The van der Waals surface area contributed by atoms with E-state index in [1.807, 2.05) is 0 Å². The number of anilines is 1. The van der Waals surface area contributed by atoms with Crippen LogP contribution in [0.5, 0.6) is 0 Å². The van der Waals surface area contributed by atoms with Crippen molar-refractivity contribution in [2.75, 3.05) is 11.9 Å². The van der Waals surface area contributed by atoms with Crippen LogP contribution in [0.3, 0.4) is 0 Å². The van der Waals surface area contributed by atoms with Gasteiger partial charge < -0.3 is 9.69 Å². The second-order valence-electron chi connectivity index (χ2n) is 2.79. The van der Waals surface area contributed by atoms with Crippen molar-refractivity contribution in [3.05, 3.63) is 9.98 Å². The molecular weight excluding hydrogens is 318 g/mol. The minimum atomic E-state index is -0.561. The number of urea groups is 1. The molecular formula is C8H9BrClN3O2S. The first-order valence-electron chi connectivity index (χ1n) is 4.31. The Balaban J connectivity index is 2.65. The van der Waals surface area contributed by atoms with Crippen molar-refractivity contribution in [3.8, 4) is 0 Å². The number of thiazole rings is 1. The van der Waals surface area contributed by atoms with Gasteiger partial charge in [0.15, 0.2) is 5.13 Å². The van der Waals surface area contributed by atoms with E-state index in [2.05, 4.69) is 26.2 Å². The van der Waals surface area contributed by atoms with Gasteiger partial charge >= 0.3 is 6.03 Å². The lowest BCUT2D eigenvalue weighted by atomic mass is 10.5. The van der Waals surface area contributed by atoms with Gasteiger partial charge in [-0.15, -0.1) is 0 Å². The number of rotatable bonds is 4. The largest absolute Gasteiger partial charge is 0.325 e. The number of hydrogen-bond acceptors (Lipinski definition) is 4. The Morgan fingerprint density at radius 2 is 2.56 bits per heavy atom. The highest BCUT2D eigenvalue weighted by Crippen LogP contribution is 2.23. The third-order valence-corrected chi connectivity index (χ3v) is 3.28. The first-order valence-corrected chi connectivity index (χ1v) is 6.36. The van der Waals surface area contributed by atoms with Gasteiger partial charge in [0, 0.05) is 0 Å². The summed E-state index contributed by atoms with van der Waals surface area (Å²) in [5.41, 5.74) is -0.561. The Bertz CT molecular complexity index is 385. The van der Waals surface area contributed by atoms with Crippen molar-refractivity contribution < 1.29 is 9.59 Å². The van der Waals surface area contributed by atoms with E-state index in [0.717, 1.165) is 3.79 Å². The predicted molar refractivity (Wildman–Crippen MR) is 66.9 cm³/mol. The zero-order valence-electron chi connectivity index (χ0n) is 8.31. The molecule has 2 amide bonds. The number of carbonyl (C=O) groups excluding carboxylic acids is 2. The molecule has 0 radical (unpaired) electrons. The highest BCUT2D eigenvalue weighted by atomic mass is 79.9. The summed E-state index contributed by atoms with van der Waals surface area (Å²) < 4.78 is 0.809. The van der Waals surface area contributed by atoms with Crippen molar-refractivity contribution in [2.45, 2.75) is 12.4 Å². The minimum Gasteiger partial charge on any atom is -0.301 e. The van der Waals surface area contributed by atoms with Gasteiger partial charge in [-0.1, -0.05) is 22.9 Å². The van der Waals surface area contributed by atoms with Gasteiger partial charge in [0.25, 0.3) is 0 Å². The summed E-state index contributed by atoms with van der Waals surface area (Å²) in [5, 5.41) is 3.00. The molecule has 8 heteroatoms. The molecule has 1 heterocycles. The van der Waals surface area contributed by atoms with E-state index in [-0.39, 0.29) is 6.54 Å². The summed E-state index contributed by atoms with van der Waals surface area (Å²) >= 11 is 10.3. The third-order valence-electron chi connectivity index (χ3n) is 1.65. The number of alkyl halides is 1. The van der Waals surface area contributed by atoms with Gasteiger partial charge in [-0.05, 0) is 22.9 Å². The Hall–Kier alpha value is -0.660. The van der Waals surface area contributed by atoms with Crippen LogP contribution in [0.1, 0.15) is 6.92 Å². The van der Waals surface area contributed by atoms with Crippen molar-refractivity contribution in [2.24, 2.45) is 0 Å². The first kappa shape index (κ1) is 13.4. The molecule has 0 saturated carbocycles. The van der Waals surface area contributed by atoms with E-state index in [4.69, 9.17) is 11.6 Å². The maximum Gasteiger partial charge on any atom is 0.325 e. The summed E-state index contributed by atoms with van der Waals surface area (Å²) in [4.78, 5) is 27.2. The summed E-state index contributed by atoms with van der Waals surface area (Å²) in [6.07, 6.45) is 2.20. The van der Waals surface area contributed by atoms with Gasteiger partial charge in [0.1, 0.15) is 11.8 Å². The predicted octanol–water partition coefficient (Wildman–Crippen LogP) is 2.52. The average Bonchev–Trinajstić information content (AvgIpc) is 2.59. The fourth-order valence-corrected chi connectivity index (χ4v) is 2.21. The molecule has 88 valence electrons. The second kappa shape index (κ2) is 6.17. The van der Waals surface area contributed by atoms with Crippen LogP contribution in [-0.4, -0.2) is 34.2 Å². The van der Waals surface area contributed by atoms with E-state index < -0.39 is 11.5 Å². The fourth-order valence-electron chi connectivity index (χ4n) is 0.946. The maximum atomic E-state index is 11.7. The monoisotopic (exact) mass is 325 g/mol. The van der Waals surface area contributed by atoms with Crippen LogP contribution >= 0.6 is 38.9 Å². The van der Waals surface area contributed by atoms with Crippen molar-refractivity contribution >= 4 is 56.3 Å². The number of nitrogens with zero attached hydrogens (tertiary/aromatic N) is 2. The summed E-state index contributed by atoms with van der Waals surface area (Å²) in [6.45, 7) is 1.56. The van der Waals surface area contributed by atoms with E-state index in [1.54, 1.807) is 13.1 Å². The Morgan fingerprint density at radius 3 is 3.00 bits per heavy atom. The molecule has 1 atom stereocenters. The van der Waals surface area contributed by atoms with E-state index in [9.17, 15) is 9.59 Å².